The second kappa shape index (κ2) is 3.88. The molecule has 0 spiro atoms. The number of nitrogens with one attached hydrogen (secondary N) is 1. The number of methoxy groups -OCH3 is 1. The van der Waals surface area contributed by atoms with Crippen LogP contribution >= 0.6 is 0 Å². The average Bonchev–Trinajstić information content (AvgIpc) is 2.38. The molecule has 0 fully saturated rings. The third kappa shape index (κ3) is 1.56. The van der Waals surface area contributed by atoms with E-state index in [1.165, 1.54) is 0 Å². The van der Waals surface area contributed by atoms with Gasteiger partial charge in [-0.2, -0.15) is 0 Å². The van der Waals surface area contributed by atoms with Crippen LogP contribution in [0, 0.1) is 6.92 Å². The molecular formula is C15H13NO2. The lowest BCUT2D eigenvalue weighted by molar-refractivity contribution is 0.415. The molecule has 0 amide bonds. The maximum Gasteiger partial charge on any atom is 0.256 e. The van der Waals surface area contributed by atoms with Gasteiger partial charge < -0.3 is 9.72 Å². The summed E-state index contributed by atoms with van der Waals surface area (Å²) in [4.78, 5) is 14.9. The van der Waals surface area contributed by atoms with Crippen molar-refractivity contribution in [1.82, 2.24) is 4.98 Å². The number of aromatic nitrogens is 1. The smallest absolute Gasteiger partial charge is 0.256 e. The van der Waals surface area contributed by atoms with Crippen molar-refractivity contribution in [2.75, 3.05) is 7.11 Å². The number of hydrogen-bond acceptors (Lipinski definition) is 2. The minimum atomic E-state index is -0.0641. The molecule has 0 atom stereocenters. The van der Waals surface area contributed by atoms with Crippen LogP contribution in [0.1, 0.15) is 5.56 Å². The first-order valence-corrected chi connectivity index (χ1v) is 5.79. The molecule has 0 aliphatic heterocycles. The van der Waals surface area contributed by atoms with Crippen molar-refractivity contribution < 1.29 is 4.74 Å². The van der Waals surface area contributed by atoms with Gasteiger partial charge in [-0.25, -0.2) is 0 Å². The third-order valence-electron chi connectivity index (χ3n) is 3.18. The number of aryl methyl sites for hydroxylation is 1. The molecule has 3 heteroatoms. The maximum atomic E-state index is 12.0. The van der Waals surface area contributed by atoms with Crippen LogP contribution in [-0.2, 0) is 0 Å². The van der Waals surface area contributed by atoms with Crippen molar-refractivity contribution in [2.45, 2.75) is 6.92 Å². The maximum absolute atomic E-state index is 12.0. The number of H-pyrrole nitrogens is 1. The fourth-order valence-electron chi connectivity index (χ4n) is 2.26. The van der Waals surface area contributed by atoms with Crippen LogP contribution in [0.25, 0.3) is 21.7 Å². The Hall–Kier alpha value is -2.29. The Morgan fingerprint density at radius 3 is 2.56 bits per heavy atom. The highest BCUT2D eigenvalue weighted by Crippen LogP contribution is 2.25. The Morgan fingerprint density at radius 1 is 1.00 bits per heavy atom. The van der Waals surface area contributed by atoms with Gasteiger partial charge in [-0.15, -0.1) is 0 Å². The lowest BCUT2D eigenvalue weighted by Gasteiger charge is -2.06. The molecule has 0 saturated carbocycles. The average molecular weight is 239 g/mol. The summed E-state index contributed by atoms with van der Waals surface area (Å²) < 4.78 is 5.22. The Balaban J connectivity index is 2.54. The number of benzene rings is 2. The molecule has 0 unspecified atom stereocenters. The minimum absolute atomic E-state index is 0.0641. The van der Waals surface area contributed by atoms with Gasteiger partial charge in [-0.05, 0) is 36.8 Å². The first-order chi connectivity index (χ1) is 8.69. The number of ether oxygens (including phenoxy) is 1. The van der Waals surface area contributed by atoms with Gasteiger partial charge in [0, 0.05) is 21.7 Å². The van der Waals surface area contributed by atoms with Crippen LogP contribution < -0.4 is 10.3 Å². The van der Waals surface area contributed by atoms with Crippen molar-refractivity contribution in [3.63, 3.8) is 0 Å². The standard InChI is InChI=1S/C15H13NO2/c1-9-3-5-11-13-8-10(18-2)4-6-12(13)15(17)16-14(11)7-9/h3-8H,1-2H3,(H,16,17). The summed E-state index contributed by atoms with van der Waals surface area (Å²) in [6.07, 6.45) is 0. The first kappa shape index (κ1) is 10.8. The van der Waals surface area contributed by atoms with Gasteiger partial charge in [-0.1, -0.05) is 12.1 Å². The van der Waals surface area contributed by atoms with Gasteiger partial charge in [0.1, 0.15) is 5.75 Å². The predicted molar refractivity (Wildman–Crippen MR) is 73.4 cm³/mol. The molecule has 0 bridgehead atoms. The normalized spacial score (nSPS) is 11.0. The van der Waals surface area contributed by atoms with Crippen LogP contribution in [0.2, 0.25) is 0 Å². The molecule has 90 valence electrons. The van der Waals surface area contributed by atoms with Crippen LogP contribution in [0.3, 0.4) is 0 Å². The van der Waals surface area contributed by atoms with Crippen LogP contribution in [0.4, 0.5) is 0 Å². The van der Waals surface area contributed by atoms with E-state index >= 15 is 0 Å². The Bertz CT molecular complexity index is 803. The highest BCUT2D eigenvalue weighted by Gasteiger charge is 2.06. The number of rotatable bonds is 1. The highest BCUT2D eigenvalue weighted by atomic mass is 16.5. The van der Waals surface area contributed by atoms with E-state index in [2.05, 4.69) is 4.98 Å². The summed E-state index contributed by atoms with van der Waals surface area (Å²) in [5, 5.41) is 2.65. The molecule has 0 radical (unpaired) electrons. The van der Waals surface area contributed by atoms with E-state index in [4.69, 9.17) is 4.74 Å². The summed E-state index contributed by atoms with van der Waals surface area (Å²) in [5.74, 6) is 0.759. The molecular weight excluding hydrogens is 226 g/mol. The summed E-state index contributed by atoms with van der Waals surface area (Å²) >= 11 is 0. The fourth-order valence-corrected chi connectivity index (χ4v) is 2.26. The molecule has 3 aromatic rings. The van der Waals surface area contributed by atoms with Crippen molar-refractivity contribution in [1.29, 1.82) is 0 Å². The van der Waals surface area contributed by atoms with Gasteiger partial charge in [0.2, 0.25) is 0 Å². The fraction of sp³-hybridized carbons (Fsp3) is 0.133. The van der Waals surface area contributed by atoms with E-state index in [9.17, 15) is 4.79 Å². The lowest BCUT2D eigenvalue weighted by atomic mass is 10.0. The third-order valence-corrected chi connectivity index (χ3v) is 3.18. The van der Waals surface area contributed by atoms with E-state index in [0.717, 1.165) is 27.6 Å². The number of aromatic amines is 1. The van der Waals surface area contributed by atoms with E-state index < -0.39 is 0 Å². The quantitative estimate of drug-likeness (QED) is 0.663. The van der Waals surface area contributed by atoms with Gasteiger partial charge in [-0.3, -0.25) is 4.79 Å². The van der Waals surface area contributed by atoms with Crippen molar-refractivity contribution in [3.8, 4) is 5.75 Å². The van der Waals surface area contributed by atoms with Crippen molar-refractivity contribution in [3.05, 3.63) is 52.3 Å². The van der Waals surface area contributed by atoms with Gasteiger partial charge in [0.15, 0.2) is 0 Å². The van der Waals surface area contributed by atoms with Crippen molar-refractivity contribution in [2.24, 2.45) is 0 Å². The van der Waals surface area contributed by atoms with Crippen molar-refractivity contribution >= 4 is 21.7 Å². The largest absolute Gasteiger partial charge is 0.497 e. The summed E-state index contributed by atoms with van der Waals surface area (Å²) in [6.45, 7) is 2.01. The Labute approximate surface area is 104 Å². The van der Waals surface area contributed by atoms with E-state index in [-0.39, 0.29) is 5.56 Å². The van der Waals surface area contributed by atoms with E-state index in [0.29, 0.717) is 5.39 Å². The monoisotopic (exact) mass is 239 g/mol. The second-order valence-electron chi connectivity index (χ2n) is 4.41. The predicted octanol–water partition coefficient (Wildman–Crippen LogP) is 3.00. The summed E-state index contributed by atoms with van der Waals surface area (Å²) in [7, 11) is 1.63. The number of hydrogen-bond donors (Lipinski definition) is 1. The lowest BCUT2D eigenvalue weighted by Crippen LogP contribution is -2.06. The zero-order valence-electron chi connectivity index (χ0n) is 10.3. The molecule has 18 heavy (non-hydrogen) atoms. The molecule has 0 saturated heterocycles. The zero-order chi connectivity index (χ0) is 12.7. The van der Waals surface area contributed by atoms with E-state index in [1.54, 1.807) is 19.2 Å². The van der Waals surface area contributed by atoms with Crippen LogP contribution in [0.15, 0.2) is 41.2 Å². The molecule has 3 nitrogen and oxygen atoms in total. The Kier molecular flexibility index (Phi) is 2.33. The molecule has 1 aromatic heterocycles. The van der Waals surface area contributed by atoms with Gasteiger partial charge in [0.25, 0.3) is 5.56 Å². The Morgan fingerprint density at radius 2 is 1.78 bits per heavy atom. The SMILES string of the molecule is COc1ccc2c(=O)[nH]c3cc(C)ccc3c2c1. The van der Waals surface area contributed by atoms with Gasteiger partial charge >= 0.3 is 0 Å². The molecule has 0 aliphatic carbocycles. The number of pyridine rings is 1. The second-order valence-corrected chi connectivity index (χ2v) is 4.41. The zero-order valence-corrected chi connectivity index (χ0v) is 10.3. The minimum Gasteiger partial charge on any atom is -0.497 e. The van der Waals surface area contributed by atoms with Gasteiger partial charge in [0.05, 0.1) is 7.11 Å². The molecule has 2 aromatic carbocycles. The molecule has 1 heterocycles. The number of fused-ring (bicyclic) bond motifs is 3. The van der Waals surface area contributed by atoms with Crippen LogP contribution in [0.5, 0.6) is 5.75 Å². The topological polar surface area (TPSA) is 42.1 Å². The van der Waals surface area contributed by atoms with E-state index in [1.807, 2.05) is 31.2 Å². The molecule has 0 aliphatic rings. The highest BCUT2D eigenvalue weighted by molar-refractivity contribution is 6.05. The van der Waals surface area contributed by atoms with Crippen LogP contribution in [-0.4, -0.2) is 12.1 Å². The first-order valence-electron chi connectivity index (χ1n) is 5.79. The molecule has 1 N–H and O–H groups in total. The summed E-state index contributed by atoms with van der Waals surface area (Å²) in [5.41, 5.74) is 1.92. The molecule has 3 rings (SSSR count). The summed E-state index contributed by atoms with van der Waals surface area (Å²) in [6, 6.07) is 11.6.